The summed E-state index contributed by atoms with van der Waals surface area (Å²) in [7, 11) is 0. The van der Waals surface area contributed by atoms with Crippen LogP contribution in [0.3, 0.4) is 0 Å². The van der Waals surface area contributed by atoms with Crippen molar-refractivity contribution in [1.82, 2.24) is 4.90 Å². The minimum Gasteiger partial charge on any atom is -0.452 e. The molecule has 1 heterocycles. The summed E-state index contributed by atoms with van der Waals surface area (Å²) in [6.07, 6.45) is 5.52. The fraction of sp³-hybridized carbons (Fsp3) is 0.500. The molecule has 0 bridgehead atoms. The summed E-state index contributed by atoms with van der Waals surface area (Å²) in [5.74, 6) is -0.853. The number of esters is 1. The standard InChI is InChI=1S/C18H24N2O4/c1-14(21)19-16-9-7-15(8-10-16)18(23)24-13-17(22)20-11-5-3-2-4-6-12-20/h7-10H,2-6,11-13H2,1H3,(H,19,21). The number of carbonyl (C=O) groups excluding carboxylic acids is 3. The first-order chi connectivity index (χ1) is 11.6. The van der Waals surface area contributed by atoms with Gasteiger partial charge in [-0.05, 0) is 37.1 Å². The molecule has 130 valence electrons. The van der Waals surface area contributed by atoms with Crippen LogP contribution in [0.1, 0.15) is 49.4 Å². The minimum atomic E-state index is -0.537. The minimum absolute atomic E-state index is 0.139. The maximum Gasteiger partial charge on any atom is 0.338 e. The molecule has 1 aromatic rings. The summed E-state index contributed by atoms with van der Waals surface area (Å²) in [6, 6.07) is 6.37. The molecular formula is C18H24N2O4. The summed E-state index contributed by atoms with van der Waals surface area (Å²) < 4.78 is 5.12. The van der Waals surface area contributed by atoms with Gasteiger partial charge >= 0.3 is 5.97 Å². The molecule has 1 aromatic carbocycles. The Morgan fingerprint density at radius 3 is 2.17 bits per heavy atom. The number of rotatable bonds is 4. The number of likely N-dealkylation sites (tertiary alicyclic amines) is 1. The molecule has 0 aliphatic carbocycles. The lowest BCUT2D eigenvalue weighted by Crippen LogP contribution is -2.36. The number of nitrogens with zero attached hydrogens (tertiary/aromatic N) is 1. The van der Waals surface area contributed by atoms with Crippen molar-refractivity contribution in [3.63, 3.8) is 0 Å². The summed E-state index contributed by atoms with van der Waals surface area (Å²) in [5.41, 5.74) is 0.959. The fourth-order valence-electron chi connectivity index (χ4n) is 2.69. The van der Waals surface area contributed by atoms with E-state index in [0.717, 1.165) is 38.8 Å². The molecule has 0 saturated carbocycles. The molecule has 1 saturated heterocycles. The Morgan fingerprint density at radius 1 is 1.00 bits per heavy atom. The molecule has 6 heteroatoms. The molecule has 0 radical (unpaired) electrons. The molecule has 1 aliphatic heterocycles. The first-order valence-electron chi connectivity index (χ1n) is 8.39. The monoisotopic (exact) mass is 332 g/mol. The van der Waals surface area contributed by atoms with Gasteiger partial charge in [-0.3, -0.25) is 9.59 Å². The first-order valence-corrected chi connectivity index (χ1v) is 8.39. The Kier molecular flexibility index (Phi) is 6.78. The van der Waals surface area contributed by atoms with Gasteiger partial charge in [0.2, 0.25) is 5.91 Å². The zero-order valence-corrected chi connectivity index (χ0v) is 14.0. The molecule has 0 aromatic heterocycles. The van der Waals surface area contributed by atoms with Crippen LogP contribution in [-0.4, -0.2) is 42.4 Å². The van der Waals surface area contributed by atoms with Crippen molar-refractivity contribution < 1.29 is 19.1 Å². The number of nitrogens with one attached hydrogen (secondary N) is 1. The molecule has 2 amide bonds. The van der Waals surface area contributed by atoms with Crippen LogP contribution in [-0.2, 0) is 14.3 Å². The van der Waals surface area contributed by atoms with Crippen molar-refractivity contribution in [2.45, 2.75) is 39.0 Å². The quantitative estimate of drug-likeness (QED) is 0.860. The third kappa shape index (κ3) is 5.68. The van der Waals surface area contributed by atoms with Gasteiger partial charge in [-0.1, -0.05) is 19.3 Å². The van der Waals surface area contributed by atoms with Gasteiger partial charge in [0.25, 0.3) is 5.91 Å². The number of carbonyl (C=O) groups is 3. The number of hydrogen-bond donors (Lipinski definition) is 1. The van der Waals surface area contributed by atoms with Crippen molar-refractivity contribution in [3.8, 4) is 0 Å². The van der Waals surface area contributed by atoms with E-state index in [1.54, 1.807) is 29.2 Å². The molecular weight excluding hydrogens is 308 g/mol. The molecule has 0 unspecified atom stereocenters. The van der Waals surface area contributed by atoms with E-state index in [-0.39, 0.29) is 18.4 Å². The summed E-state index contributed by atoms with van der Waals surface area (Å²) in [5, 5.41) is 2.62. The second kappa shape index (κ2) is 9.05. The molecule has 2 rings (SSSR count). The number of ether oxygens (including phenoxy) is 1. The van der Waals surface area contributed by atoms with Crippen LogP contribution < -0.4 is 5.32 Å². The number of anilines is 1. The summed E-state index contributed by atoms with van der Waals surface area (Å²) in [4.78, 5) is 36.9. The molecule has 0 spiro atoms. The molecule has 6 nitrogen and oxygen atoms in total. The van der Waals surface area contributed by atoms with E-state index in [2.05, 4.69) is 5.32 Å². The van der Waals surface area contributed by atoms with E-state index in [1.807, 2.05) is 0 Å². The topological polar surface area (TPSA) is 75.7 Å². The zero-order chi connectivity index (χ0) is 17.4. The number of benzene rings is 1. The highest BCUT2D eigenvalue weighted by Crippen LogP contribution is 2.12. The first kappa shape index (κ1) is 18.0. The van der Waals surface area contributed by atoms with Crippen LogP contribution in [0.4, 0.5) is 5.69 Å². The molecule has 1 N–H and O–H groups in total. The second-order valence-corrected chi connectivity index (χ2v) is 5.98. The van der Waals surface area contributed by atoms with Crippen molar-refractivity contribution in [3.05, 3.63) is 29.8 Å². The zero-order valence-electron chi connectivity index (χ0n) is 14.0. The van der Waals surface area contributed by atoms with Crippen molar-refractivity contribution in [1.29, 1.82) is 0 Å². The SMILES string of the molecule is CC(=O)Nc1ccc(C(=O)OCC(=O)N2CCCCCCC2)cc1. The van der Waals surface area contributed by atoms with Gasteiger partial charge < -0.3 is 15.0 Å². The van der Waals surface area contributed by atoms with Crippen molar-refractivity contribution in [2.75, 3.05) is 25.0 Å². The Hall–Kier alpha value is -2.37. The Labute approximate surface area is 142 Å². The molecule has 0 atom stereocenters. The third-order valence-corrected chi connectivity index (χ3v) is 3.98. The van der Waals surface area contributed by atoms with Gasteiger partial charge in [0.05, 0.1) is 5.56 Å². The Balaban J connectivity index is 1.83. The average Bonchev–Trinajstić information content (AvgIpc) is 2.52. The van der Waals surface area contributed by atoms with Crippen LogP contribution in [0.5, 0.6) is 0 Å². The molecule has 1 aliphatic rings. The fourth-order valence-corrected chi connectivity index (χ4v) is 2.69. The van der Waals surface area contributed by atoms with E-state index in [0.29, 0.717) is 11.3 Å². The lowest BCUT2D eigenvalue weighted by molar-refractivity contribution is -0.134. The maximum atomic E-state index is 12.2. The second-order valence-electron chi connectivity index (χ2n) is 5.98. The van der Waals surface area contributed by atoms with Gasteiger partial charge in [-0.15, -0.1) is 0 Å². The Morgan fingerprint density at radius 2 is 1.58 bits per heavy atom. The molecule has 1 fully saturated rings. The van der Waals surface area contributed by atoms with E-state index in [1.165, 1.54) is 13.3 Å². The average molecular weight is 332 g/mol. The van der Waals surface area contributed by atoms with E-state index in [9.17, 15) is 14.4 Å². The highest BCUT2D eigenvalue weighted by Gasteiger charge is 2.17. The number of hydrogen-bond acceptors (Lipinski definition) is 4. The van der Waals surface area contributed by atoms with Crippen LogP contribution in [0.2, 0.25) is 0 Å². The van der Waals surface area contributed by atoms with Gasteiger partial charge in [-0.2, -0.15) is 0 Å². The summed E-state index contributed by atoms with van der Waals surface area (Å²) >= 11 is 0. The van der Waals surface area contributed by atoms with Crippen molar-refractivity contribution >= 4 is 23.5 Å². The predicted octanol–water partition coefficient (Wildman–Crippen LogP) is 2.59. The van der Waals surface area contributed by atoms with Gasteiger partial charge in [0.15, 0.2) is 6.61 Å². The Bertz CT molecular complexity index is 575. The van der Waals surface area contributed by atoms with Crippen LogP contribution in [0.25, 0.3) is 0 Å². The number of amides is 2. The van der Waals surface area contributed by atoms with Crippen LogP contribution in [0.15, 0.2) is 24.3 Å². The maximum absolute atomic E-state index is 12.2. The van der Waals surface area contributed by atoms with Gasteiger partial charge in [0.1, 0.15) is 0 Å². The highest BCUT2D eigenvalue weighted by atomic mass is 16.5. The van der Waals surface area contributed by atoms with Gasteiger partial charge in [-0.25, -0.2) is 4.79 Å². The van der Waals surface area contributed by atoms with Gasteiger partial charge in [0, 0.05) is 25.7 Å². The van der Waals surface area contributed by atoms with Crippen LogP contribution >= 0.6 is 0 Å². The smallest absolute Gasteiger partial charge is 0.338 e. The molecule has 24 heavy (non-hydrogen) atoms. The largest absolute Gasteiger partial charge is 0.452 e. The lowest BCUT2D eigenvalue weighted by Gasteiger charge is -2.24. The van der Waals surface area contributed by atoms with E-state index < -0.39 is 5.97 Å². The highest BCUT2D eigenvalue weighted by molar-refractivity contribution is 5.93. The third-order valence-electron chi connectivity index (χ3n) is 3.98. The van der Waals surface area contributed by atoms with Crippen molar-refractivity contribution in [2.24, 2.45) is 0 Å². The predicted molar refractivity (Wildman–Crippen MR) is 90.7 cm³/mol. The summed E-state index contributed by atoms with van der Waals surface area (Å²) in [6.45, 7) is 2.66. The van der Waals surface area contributed by atoms with E-state index in [4.69, 9.17) is 4.74 Å². The normalized spacial score (nSPS) is 15.1. The van der Waals surface area contributed by atoms with Crippen LogP contribution in [0, 0.1) is 0 Å². The lowest BCUT2D eigenvalue weighted by atomic mass is 10.1. The van der Waals surface area contributed by atoms with E-state index >= 15 is 0 Å².